The second-order valence-electron chi connectivity index (χ2n) is 4.01. The summed E-state index contributed by atoms with van der Waals surface area (Å²) in [6, 6.07) is 3.24. The number of rotatable bonds is 3. The molecule has 0 amide bonds. The molecular formula is C10H13BrN2O. The summed E-state index contributed by atoms with van der Waals surface area (Å²) in [6.45, 7) is 0.748. The third kappa shape index (κ3) is 1.75. The van der Waals surface area contributed by atoms with E-state index in [2.05, 4.69) is 21.0 Å². The minimum atomic E-state index is -0.000255. The van der Waals surface area contributed by atoms with E-state index in [0.29, 0.717) is 0 Å². The largest absolute Gasteiger partial charge is 0.268 e. The van der Waals surface area contributed by atoms with E-state index in [4.69, 9.17) is 0 Å². The molecule has 0 unspecified atom stereocenters. The standard InChI is InChI=1S/C10H13BrN2O/c11-7-10(4-2-5-10)8-13-9(14)3-1-6-12-13/h1,3,6H,2,4-5,7-8H2. The minimum Gasteiger partial charge on any atom is -0.268 e. The van der Waals surface area contributed by atoms with E-state index in [-0.39, 0.29) is 11.0 Å². The van der Waals surface area contributed by atoms with E-state index in [0.717, 1.165) is 11.9 Å². The smallest absolute Gasteiger partial charge is 0.266 e. The van der Waals surface area contributed by atoms with E-state index >= 15 is 0 Å². The van der Waals surface area contributed by atoms with Crippen molar-refractivity contribution in [3.63, 3.8) is 0 Å². The van der Waals surface area contributed by atoms with Crippen LogP contribution in [0, 0.1) is 5.41 Å². The van der Waals surface area contributed by atoms with Crippen LogP contribution in [0.4, 0.5) is 0 Å². The molecule has 14 heavy (non-hydrogen) atoms. The molecule has 76 valence electrons. The molecule has 0 atom stereocenters. The molecule has 0 bridgehead atoms. The van der Waals surface area contributed by atoms with Crippen molar-refractivity contribution in [3.05, 3.63) is 28.7 Å². The van der Waals surface area contributed by atoms with Crippen molar-refractivity contribution in [2.75, 3.05) is 5.33 Å². The normalized spacial score (nSPS) is 18.9. The Labute approximate surface area is 91.3 Å². The molecule has 1 aliphatic rings. The molecule has 0 N–H and O–H groups in total. The van der Waals surface area contributed by atoms with E-state index < -0.39 is 0 Å². The zero-order chi connectivity index (χ0) is 10.0. The summed E-state index contributed by atoms with van der Waals surface area (Å²) in [5.41, 5.74) is 0.276. The van der Waals surface area contributed by atoms with Gasteiger partial charge in [-0.15, -0.1) is 0 Å². The first-order chi connectivity index (χ1) is 6.76. The third-order valence-electron chi connectivity index (χ3n) is 2.97. The van der Waals surface area contributed by atoms with Crippen LogP contribution in [-0.4, -0.2) is 15.1 Å². The molecule has 3 nitrogen and oxygen atoms in total. The van der Waals surface area contributed by atoms with Crippen molar-refractivity contribution in [1.82, 2.24) is 9.78 Å². The molecule has 0 aliphatic heterocycles. The van der Waals surface area contributed by atoms with Crippen molar-refractivity contribution in [1.29, 1.82) is 0 Å². The van der Waals surface area contributed by atoms with Crippen LogP contribution in [0.5, 0.6) is 0 Å². The molecule has 1 saturated carbocycles. The number of hydrogen-bond acceptors (Lipinski definition) is 2. The molecule has 0 radical (unpaired) electrons. The number of aromatic nitrogens is 2. The van der Waals surface area contributed by atoms with Crippen LogP contribution in [-0.2, 0) is 6.54 Å². The fourth-order valence-corrected chi connectivity index (χ4v) is 2.57. The molecule has 0 spiro atoms. The summed E-state index contributed by atoms with van der Waals surface area (Å²) < 4.78 is 1.57. The minimum absolute atomic E-state index is 0.000255. The van der Waals surface area contributed by atoms with Crippen LogP contribution in [0.25, 0.3) is 0 Å². The van der Waals surface area contributed by atoms with Gasteiger partial charge in [0, 0.05) is 17.6 Å². The van der Waals surface area contributed by atoms with Gasteiger partial charge < -0.3 is 0 Å². The first-order valence-electron chi connectivity index (χ1n) is 4.84. The quantitative estimate of drug-likeness (QED) is 0.774. The lowest BCUT2D eigenvalue weighted by Gasteiger charge is -2.40. The molecule has 2 rings (SSSR count). The van der Waals surface area contributed by atoms with Gasteiger partial charge in [0.15, 0.2) is 0 Å². The summed E-state index contributed by atoms with van der Waals surface area (Å²) in [5, 5.41) is 5.04. The third-order valence-corrected chi connectivity index (χ3v) is 4.16. The van der Waals surface area contributed by atoms with Crippen LogP contribution >= 0.6 is 15.9 Å². The van der Waals surface area contributed by atoms with Crippen molar-refractivity contribution in [2.45, 2.75) is 25.8 Å². The number of halogens is 1. The Morgan fingerprint density at radius 1 is 1.57 bits per heavy atom. The van der Waals surface area contributed by atoms with Crippen LogP contribution < -0.4 is 5.56 Å². The summed E-state index contributed by atoms with van der Waals surface area (Å²) in [4.78, 5) is 11.4. The van der Waals surface area contributed by atoms with Gasteiger partial charge in [-0.1, -0.05) is 22.4 Å². The fraction of sp³-hybridized carbons (Fsp3) is 0.600. The lowest BCUT2D eigenvalue weighted by Crippen LogP contribution is -2.39. The number of alkyl halides is 1. The van der Waals surface area contributed by atoms with Gasteiger partial charge in [-0.2, -0.15) is 5.10 Å². The highest BCUT2D eigenvalue weighted by Crippen LogP contribution is 2.43. The maximum atomic E-state index is 11.4. The number of nitrogens with zero attached hydrogens (tertiary/aromatic N) is 2. The van der Waals surface area contributed by atoms with Gasteiger partial charge in [-0.3, -0.25) is 4.79 Å². The van der Waals surface area contributed by atoms with Crippen LogP contribution in [0.1, 0.15) is 19.3 Å². The molecule has 1 heterocycles. The molecule has 1 fully saturated rings. The SMILES string of the molecule is O=c1cccnn1CC1(CBr)CCC1. The monoisotopic (exact) mass is 256 g/mol. The van der Waals surface area contributed by atoms with E-state index in [1.54, 1.807) is 23.0 Å². The Kier molecular flexibility index (Phi) is 2.72. The van der Waals surface area contributed by atoms with Crippen molar-refractivity contribution in [2.24, 2.45) is 5.41 Å². The van der Waals surface area contributed by atoms with Crippen LogP contribution in [0.15, 0.2) is 23.1 Å². The Bertz CT molecular complexity index is 365. The maximum absolute atomic E-state index is 11.4. The van der Waals surface area contributed by atoms with Gasteiger partial charge in [-0.25, -0.2) is 4.68 Å². The summed E-state index contributed by atoms with van der Waals surface area (Å²) in [7, 11) is 0. The van der Waals surface area contributed by atoms with Gasteiger partial charge in [0.25, 0.3) is 5.56 Å². The topological polar surface area (TPSA) is 34.9 Å². The fourth-order valence-electron chi connectivity index (χ4n) is 1.83. The zero-order valence-corrected chi connectivity index (χ0v) is 9.53. The second kappa shape index (κ2) is 3.85. The zero-order valence-electron chi connectivity index (χ0n) is 7.95. The van der Waals surface area contributed by atoms with E-state index in [1.807, 2.05) is 0 Å². The van der Waals surface area contributed by atoms with Crippen molar-refractivity contribution >= 4 is 15.9 Å². The predicted molar refractivity (Wildman–Crippen MR) is 58.6 cm³/mol. The van der Waals surface area contributed by atoms with Crippen molar-refractivity contribution < 1.29 is 0 Å². The summed E-state index contributed by atoms with van der Waals surface area (Å²) in [6.07, 6.45) is 5.33. The van der Waals surface area contributed by atoms with E-state index in [9.17, 15) is 4.79 Å². The molecule has 0 saturated heterocycles. The Balaban J connectivity index is 2.18. The van der Waals surface area contributed by atoms with Crippen LogP contribution in [0.2, 0.25) is 0 Å². The lowest BCUT2D eigenvalue weighted by atomic mass is 9.70. The first-order valence-corrected chi connectivity index (χ1v) is 5.96. The Morgan fingerprint density at radius 3 is 2.86 bits per heavy atom. The number of hydrogen-bond donors (Lipinski definition) is 0. The average Bonchev–Trinajstić information content (AvgIpc) is 2.14. The predicted octanol–water partition coefficient (Wildman–Crippen LogP) is 1.81. The van der Waals surface area contributed by atoms with Gasteiger partial charge >= 0.3 is 0 Å². The summed E-state index contributed by atoms with van der Waals surface area (Å²) >= 11 is 3.52. The second-order valence-corrected chi connectivity index (χ2v) is 4.57. The first kappa shape index (κ1) is 9.90. The molecule has 1 aliphatic carbocycles. The average molecular weight is 257 g/mol. The lowest BCUT2D eigenvalue weighted by molar-refractivity contribution is 0.131. The Hall–Kier alpha value is -0.640. The van der Waals surface area contributed by atoms with Gasteiger partial charge in [0.1, 0.15) is 0 Å². The van der Waals surface area contributed by atoms with E-state index in [1.165, 1.54) is 19.3 Å². The summed E-state index contributed by atoms with van der Waals surface area (Å²) in [5.74, 6) is 0. The van der Waals surface area contributed by atoms with Gasteiger partial charge in [0.05, 0.1) is 6.54 Å². The van der Waals surface area contributed by atoms with Crippen LogP contribution in [0.3, 0.4) is 0 Å². The molecule has 0 aromatic carbocycles. The van der Waals surface area contributed by atoms with Gasteiger partial charge in [0.2, 0.25) is 0 Å². The highest BCUT2D eigenvalue weighted by molar-refractivity contribution is 9.09. The molecular weight excluding hydrogens is 244 g/mol. The molecule has 4 heteroatoms. The maximum Gasteiger partial charge on any atom is 0.266 e. The molecule has 1 aromatic rings. The highest BCUT2D eigenvalue weighted by Gasteiger charge is 2.36. The molecule has 1 aromatic heterocycles. The van der Waals surface area contributed by atoms with Crippen molar-refractivity contribution in [3.8, 4) is 0 Å². The Morgan fingerprint density at radius 2 is 2.36 bits per heavy atom. The van der Waals surface area contributed by atoms with Gasteiger partial charge in [-0.05, 0) is 24.3 Å². The highest BCUT2D eigenvalue weighted by atomic mass is 79.9.